The molecule has 2 aromatic rings. The lowest BCUT2D eigenvalue weighted by molar-refractivity contribution is 0.0744. The minimum Gasteiger partial charge on any atom is -0.508 e. The van der Waals surface area contributed by atoms with Crippen molar-refractivity contribution in [1.82, 2.24) is 0 Å². The predicted molar refractivity (Wildman–Crippen MR) is 99.8 cm³/mol. The number of aliphatic hydroxyl groups excluding tert-OH is 1. The molecule has 2 aromatic carbocycles. The van der Waals surface area contributed by atoms with E-state index in [4.69, 9.17) is 0 Å². The van der Waals surface area contributed by atoms with E-state index in [1.165, 1.54) is 25.1 Å². The van der Waals surface area contributed by atoms with Crippen molar-refractivity contribution >= 4 is 5.78 Å². The first-order chi connectivity index (χ1) is 12.2. The summed E-state index contributed by atoms with van der Waals surface area (Å²) in [5.41, 5.74) is 2.47. The highest BCUT2D eigenvalue weighted by Crippen LogP contribution is 2.35. The monoisotopic (exact) mass is 356 g/mol. The summed E-state index contributed by atoms with van der Waals surface area (Å²) in [4.78, 5) is 12.6. The molecule has 0 aliphatic carbocycles. The number of ketones is 1. The minimum absolute atomic E-state index is 0.0104. The summed E-state index contributed by atoms with van der Waals surface area (Å²) in [5, 5.41) is 40.1. The van der Waals surface area contributed by atoms with Crippen LogP contribution in [0.1, 0.15) is 40.9 Å². The van der Waals surface area contributed by atoms with Gasteiger partial charge in [0.2, 0.25) is 0 Å². The molecule has 138 valence electrons. The number of hydrogen-bond donors (Lipinski definition) is 4. The highest BCUT2D eigenvalue weighted by atomic mass is 16.3. The molecule has 0 bridgehead atoms. The van der Waals surface area contributed by atoms with E-state index in [9.17, 15) is 25.2 Å². The molecule has 0 fully saturated rings. The third-order valence-electron chi connectivity index (χ3n) is 4.25. The van der Waals surface area contributed by atoms with Gasteiger partial charge in [-0.2, -0.15) is 0 Å². The van der Waals surface area contributed by atoms with Gasteiger partial charge in [-0.3, -0.25) is 4.79 Å². The normalized spacial score (nSPS) is 11.8. The van der Waals surface area contributed by atoms with Gasteiger partial charge in [-0.15, -0.1) is 0 Å². The van der Waals surface area contributed by atoms with Crippen LogP contribution in [0.2, 0.25) is 0 Å². The Morgan fingerprint density at radius 2 is 1.69 bits per heavy atom. The third-order valence-corrected chi connectivity index (χ3v) is 4.25. The van der Waals surface area contributed by atoms with E-state index < -0.39 is 11.9 Å². The number of aromatic hydroxyl groups is 3. The molecule has 1 atom stereocenters. The standard InChI is InChI=1S/C21H24O5/c1-12(2)4-7-15-11-17(20(25)13(3)19(15)24)21(26)18(23)10-14-5-8-16(22)9-6-14/h4-6,8-9,11,18,22-25H,7,10H2,1-3H3/t18-/m0/s1. The Bertz CT molecular complexity index is 830. The van der Waals surface area contributed by atoms with Crippen LogP contribution in [-0.4, -0.2) is 32.3 Å². The van der Waals surface area contributed by atoms with Crippen LogP contribution in [0.15, 0.2) is 42.0 Å². The SMILES string of the molecule is CC(C)=CCc1cc(C(=O)[C@@H](O)Cc2ccc(O)cc2)c(O)c(C)c1O. The first-order valence-corrected chi connectivity index (χ1v) is 8.38. The molecule has 0 aromatic heterocycles. The summed E-state index contributed by atoms with van der Waals surface area (Å²) in [6, 6.07) is 7.62. The topological polar surface area (TPSA) is 98.0 Å². The molecule has 0 aliphatic rings. The largest absolute Gasteiger partial charge is 0.508 e. The molecule has 0 saturated carbocycles. The molecule has 0 amide bonds. The average Bonchev–Trinajstić information content (AvgIpc) is 2.60. The molecular weight excluding hydrogens is 332 g/mol. The van der Waals surface area contributed by atoms with Gasteiger partial charge in [0.25, 0.3) is 0 Å². The van der Waals surface area contributed by atoms with Crippen molar-refractivity contribution in [1.29, 1.82) is 0 Å². The molecule has 0 aliphatic heterocycles. The molecule has 5 nitrogen and oxygen atoms in total. The van der Waals surface area contributed by atoms with Gasteiger partial charge in [0.1, 0.15) is 23.4 Å². The molecule has 4 N–H and O–H groups in total. The van der Waals surface area contributed by atoms with E-state index in [2.05, 4.69) is 0 Å². The average molecular weight is 356 g/mol. The number of phenols is 3. The molecule has 2 rings (SSSR count). The first-order valence-electron chi connectivity index (χ1n) is 8.38. The molecule has 0 radical (unpaired) electrons. The van der Waals surface area contributed by atoms with Crippen LogP contribution in [0.25, 0.3) is 0 Å². The van der Waals surface area contributed by atoms with Crippen LogP contribution in [0, 0.1) is 6.92 Å². The number of rotatable bonds is 6. The van der Waals surface area contributed by atoms with Gasteiger partial charge in [0.05, 0.1) is 5.56 Å². The summed E-state index contributed by atoms with van der Waals surface area (Å²) in [6.07, 6.45) is 1.05. The summed E-state index contributed by atoms with van der Waals surface area (Å²) in [5.74, 6) is -0.884. The van der Waals surface area contributed by atoms with Crippen LogP contribution < -0.4 is 0 Å². The van der Waals surface area contributed by atoms with Gasteiger partial charge < -0.3 is 20.4 Å². The van der Waals surface area contributed by atoms with Crippen molar-refractivity contribution in [3.8, 4) is 17.2 Å². The number of aliphatic hydroxyl groups is 1. The van der Waals surface area contributed by atoms with E-state index in [0.717, 1.165) is 5.57 Å². The molecule has 0 unspecified atom stereocenters. The smallest absolute Gasteiger partial charge is 0.195 e. The lowest BCUT2D eigenvalue weighted by Crippen LogP contribution is -2.23. The highest BCUT2D eigenvalue weighted by molar-refractivity contribution is 6.02. The predicted octanol–water partition coefficient (Wildman–Crippen LogP) is 3.41. The zero-order chi connectivity index (χ0) is 19.4. The van der Waals surface area contributed by atoms with E-state index in [0.29, 0.717) is 17.5 Å². The number of benzene rings is 2. The highest BCUT2D eigenvalue weighted by Gasteiger charge is 2.24. The molecular formula is C21H24O5. The van der Waals surface area contributed by atoms with Crippen LogP contribution >= 0.6 is 0 Å². The van der Waals surface area contributed by atoms with E-state index in [1.807, 2.05) is 19.9 Å². The molecule has 0 spiro atoms. The van der Waals surface area contributed by atoms with Gasteiger partial charge in [0.15, 0.2) is 5.78 Å². The van der Waals surface area contributed by atoms with Crippen LogP contribution in [-0.2, 0) is 12.8 Å². The Morgan fingerprint density at radius 1 is 1.08 bits per heavy atom. The zero-order valence-electron chi connectivity index (χ0n) is 15.2. The number of phenolic OH excluding ortho intramolecular Hbond substituents is 3. The quantitative estimate of drug-likeness (QED) is 0.470. The van der Waals surface area contributed by atoms with Crippen molar-refractivity contribution in [2.75, 3.05) is 0 Å². The second-order valence-corrected chi connectivity index (χ2v) is 6.64. The Balaban J connectivity index is 2.31. The van der Waals surface area contributed by atoms with Gasteiger partial charge in [-0.1, -0.05) is 23.8 Å². The van der Waals surface area contributed by atoms with Crippen molar-refractivity contribution in [2.24, 2.45) is 0 Å². The Hall–Kier alpha value is -2.79. The maximum atomic E-state index is 12.6. The van der Waals surface area contributed by atoms with Gasteiger partial charge in [-0.05, 0) is 56.5 Å². The molecule has 0 saturated heterocycles. The Labute approximate surface area is 152 Å². The Morgan fingerprint density at radius 3 is 2.27 bits per heavy atom. The lowest BCUT2D eigenvalue weighted by atomic mass is 9.94. The van der Waals surface area contributed by atoms with Gasteiger partial charge in [0, 0.05) is 12.0 Å². The van der Waals surface area contributed by atoms with E-state index in [-0.39, 0.29) is 34.8 Å². The third kappa shape index (κ3) is 4.43. The van der Waals surface area contributed by atoms with E-state index in [1.54, 1.807) is 12.1 Å². The summed E-state index contributed by atoms with van der Waals surface area (Å²) in [7, 11) is 0. The molecule has 5 heteroatoms. The maximum Gasteiger partial charge on any atom is 0.195 e. The fourth-order valence-electron chi connectivity index (χ4n) is 2.65. The molecule has 26 heavy (non-hydrogen) atoms. The Kier molecular flexibility index (Phi) is 6.05. The van der Waals surface area contributed by atoms with Gasteiger partial charge in [-0.25, -0.2) is 0 Å². The van der Waals surface area contributed by atoms with Crippen molar-refractivity contribution in [2.45, 2.75) is 39.7 Å². The van der Waals surface area contributed by atoms with E-state index >= 15 is 0 Å². The van der Waals surface area contributed by atoms with Gasteiger partial charge >= 0.3 is 0 Å². The van der Waals surface area contributed by atoms with Crippen molar-refractivity contribution < 1.29 is 25.2 Å². The second kappa shape index (κ2) is 8.06. The fraction of sp³-hybridized carbons (Fsp3) is 0.286. The number of Topliss-reactive ketones (excluding diaryl/α,β-unsaturated/α-hetero) is 1. The minimum atomic E-state index is -1.34. The first kappa shape index (κ1) is 19.5. The number of carbonyl (C=O) groups excluding carboxylic acids is 1. The van der Waals surface area contributed by atoms with Crippen molar-refractivity contribution in [3.63, 3.8) is 0 Å². The lowest BCUT2D eigenvalue weighted by Gasteiger charge is -2.15. The number of carbonyl (C=O) groups is 1. The summed E-state index contributed by atoms with van der Waals surface area (Å²) >= 11 is 0. The zero-order valence-corrected chi connectivity index (χ0v) is 15.2. The maximum absolute atomic E-state index is 12.6. The summed E-state index contributed by atoms with van der Waals surface area (Å²) in [6.45, 7) is 5.38. The van der Waals surface area contributed by atoms with Crippen molar-refractivity contribution in [3.05, 3.63) is 64.2 Å². The number of allylic oxidation sites excluding steroid dienone is 2. The summed E-state index contributed by atoms with van der Waals surface area (Å²) < 4.78 is 0. The molecule has 0 heterocycles. The second-order valence-electron chi connectivity index (χ2n) is 6.64. The van der Waals surface area contributed by atoms with Crippen LogP contribution in [0.4, 0.5) is 0 Å². The fourth-order valence-corrected chi connectivity index (χ4v) is 2.65. The number of hydrogen-bond acceptors (Lipinski definition) is 5. The van der Waals surface area contributed by atoms with Crippen LogP contribution in [0.3, 0.4) is 0 Å². The van der Waals surface area contributed by atoms with Crippen LogP contribution in [0.5, 0.6) is 17.2 Å².